The molecule has 15 nitrogen and oxygen atoms in total. The van der Waals surface area contributed by atoms with Crippen LogP contribution < -0.4 is 5.32 Å². The van der Waals surface area contributed by atoms with Crippen LogP contribution in [0.4, 0.5) is 0 Å². The number of aliphatic hydroxyl groups is 3. The van der Waals surface area contributed by atoms with Gasteiger partial charge in [-0.3, -0.25) is 19.2 Å². The van der Waals surface area contributed by atoms with Gasteiger partial charge in [-0.15, -0.1) is 11.6 Å². The monoisotopic (exact) mass is 865 g/mol. The van der Waals surface area contributed by atoms with Crippen LogP contribution in [0.3, 0.4) is 0 Å². The molecule has 2 aromatic rings. The Balaban J connectivity index is 1.55. The number of carbonyl (C=O) groups excluding carboxylic acids is 6. The topological polar surface area (TPSA) is 221 Å². The Morgan fingerprint density at radius 3 is 2.10 bits per heavy atom. The van der Waals surface area contributed by atoms with Crippen molar-refractivity contribution in [2.75, 3.05) is 6.61 Å². The summed E-state index contributed by atoms with van der Waals surface area (Å²) in [6, 6.07) is 14.5. The molecular formula is C45H52ClNO14. The molecule has 1 aliphatic heterocycles. The second kappa shape index (κ2) is 16.7. The van der Waals surface area contributed by atoms with Crippen molar-refractivity contribution in [3.63, 3.8) is 0 Å². The average molecular weight is 866 g/mol. The summed E-state index contributed by atoms with van der Waals surface area (Å²) in [5.74, 6) is -7.08. The fourth-order valence-electron chi connectivity index (χ4n) is 9.78. The highest BCUT2D eigenvalue weighted by Crippen LogP contribution is 2.64. The molecular weight excluding hydrogens is 814 g/mol. The summed E-state index contributed by atoms with van der Waals surface area (Å²) in [7, 11) is 0. The third-order valence-corrected chi connectivity index (χ3v) is 13.5. The molecule has 3 fully saturated rings. The van der Waals surface area contributed by atoms with Crippen LogP contribution in [-0.4, -0.2) is 111 Å². The van der Waals surface area contributed by atoms with Gasteiger partial charge in [0.25, 0.3) is 0 Å². The summed E-state index contributed by atoms with van der Waals surface area (Å²) in [5.41, 5.74) is -7.45. The molecule has 12 atom stereocenters. The highest BCUT2D eigenvalue weighted by atomic mass is 35.5. The number of carbonyl (C=O) groups is 6. The Labute approximate surface area is 358 Å². The lowest BCUT2D eigenvalue weighted by molar-refractivity contribution is -0.346. The quantitative estimate of drug-likeness (QED) is 0.0834. The minimum atomic E-state index is -2.40. The van der Waals surface area contributed by atoms with Crippen molar-refractivity contribution >= 4 is 47.2 Å². The molecule has 2 bridgehead atoms. The highest BCUT2D eigenvalue weighted by molar-refractivity contribution is 6.25. The number of rotatable bonds is 11. The second-order valence-electron chi connectivity index (χ2n) is 17.1. The molecule has 0 aromatic heterocycles. The van der Waals surface area contributed by atoms with Crippen molar-refractivity contribution in [3.05, 3.63) is 95.1 Å². The molecule has 16 heteroatoms. The van der Waals surface area contributed by atoms with Crippen molar-refractivity contribution in [1.82, 2.24) is 5.32 Å². The molecule has 328 valence electrons. The predicted octanol–water partition coefficient (Wildman–Crippen LogP) is 3.61. The van der Waals surface area contributed by atoms with Gasteiger partial charge in [-0.25, -0.2) is 9.59 Å². The standard InChI is InChI=1S/C45H52ClNO14/c1-22(24(3)46)39(53)47-33(27-15-11-9-12-16-27)34(51)41(55)59-29-20-45(56)38(60-40(54)28-17-13-10-14-18-28)36-43(8,30(50)19-31-44(36,21-57-31)61-26(5)49)37(52)35(58-25(4)48)32(23(29)2)42(45,6)7/h9-18,24,29-31,33-36,38,50-51,56H,1,19-21H2,2-8H3,(H,47,53)/t24?,29-,30-,31+,33-,34-,35+,36-,38-,43+,44-,45+/m0/s1. The van der Waals surface area contributed by atoms with Crippen LogP contribution in [0.25, 0.3) is 0 Å². The second-order valence-corrected chi connectivity index (χ2v) is 17.8. The van der Waals surface area contributed by atoms with Crippen LogP contribution in [0, 0.1) is 16.7 Å². The normalized spacial score (nSPS) is 32.7. The number of hydrogen-bond acceptors (Lipinski definition) is 14. The molecule has 1 amide bonds. The largest absolute Gasteiger partial charge is 0.456 e. The Morgan fingerprint density at radius 1 is 0.951 bits per heavy atom. The summed E-state index contributed by atoms with van der Waals surface area (Å²) in [4.78, 5) is 83.0. The number of nitrogens with one attached hydrogen (secondary N) is 1. The maximum Gasteiger partial charge on any atom is 0.338 e. The number of benzene rings is 2. The molecule has 1 unspecified atom stereocenters. The summed E-state index contributed by atoms with van der Waals surface area (Å²) in [6.07, 6.45) is -10.6. The van der Waals surface area contributed by atoms with E-state index < -0.39 is 118 Å². The molecule has 1 heterocycles. The first-order chi connectivity index (χ1) is 28.5. The first kappa shape index (κ1) is 45.6. The maximum atomic E-state index is 15.5. The minimum absolute atomic E-state index is 0.0183. The van der Waals surface area contributed by atoms with Crippen LogP contribution in [0.1, 0.15) is 83.3 Å². The lowest BCUT2D eigenvalue weighted by atomic mass is 9.44. The maximum absolute atomic E-state index is 15.5. The number of Topliss-reactive ketones (excluding diaryl/α,β-unsaturated/α-hetero) is 1. The number of ether oxygens (including phenoxy) is 5. The number of hydrogen-bond donors (Lipinski definition) is 4. The zero-order valence-electron chi connectivity index (χ0n) is 35.0. The lowest BCUT2D eigenvalue weighted by Gasteiger charge is -2.67. The van der Waals surface area contributed by atoms with E-state index in [0.717, 1.165) is 13.8 Å². The SMILES string of the molecule is C=C(C(=O)N[C@@H](c1ccccc1)[C@H](O)C(=O)O[C@H]1C[C@@]2(O)[C@@H](OC(=O)c3ccccc3)[C@@H]3[C@]4(OC(C)=O)CO[C@@H]4C[C@H](O)[C@@]3(C)C(=O)[C@H](OC(C)=O)C(=C1C)C2(C)C)C(C)Cl. The number of ketones is 1. The first-order valence-electron chi connectivity index (χ1n) is 20.0. The number of halogens is 1. The van der Waals surface area contributed by atoms with Crippen LogP contribution in [-0.2, 0) is 47.7 Å². The number of alkyl halides is 1. The summed E-state index contributed by atoms with van der Waals surface area (Å²) in [5, 5.41) is 39.2. The van der Waals surface area contributed by atoms with E-state index in [-0.39, 0.29) is 35.3 Å². The number of aliphatic hydroxyl groups excluding tert-OH is 2. The van der Waals surface area contributed by atoms with Crippen molar-refractivity contribution in [2.24, 2.45) is 16.7 Å². The van der Waals surface area contributed by atoms with E-state index in [1.165, 1.54) is 32.9 Å². The van der Waals surface area contributed by atoms with Crippen molar-refractivity contribution in [1.29, 1.82) is 0 Å². The molecule has 2 saturated carbocycles. The Bertz CT molecular complexity index is 2140. The molecule has 2 aromatic carbocycles. The molecule has 4 N–H and O–H groups in total. The third-order valence-electron chi connectivity index (χ3n) is 13.2. The van der Waals surface area contributed by atoms with E-state index in [9.17, 15) is 39.3 Å². The van der Waals surface area contributed by atoms with Crippen LogP contribution >= 0.6 is 11.6 Å². The van der Waals surface area contributed by atoms with E-state index >= 15 is 4.79 Å². The number of fused-ring (bicyclic) bond motifs is 5. The van der Waals surface area contributed by atoms with Crippen LogP contribution in [0.2, 0.25) is 0 Å². The van der Waals surface area contributed by atoms with E-state index in [4.69, 9.17) is 35.3 Å². The zero-order chi connectivity index (χ0) is 45.0. The zero-order valence-corrected chi connectivity index (χ0v) is 35.8. The fraction of sp³-hybridized carbons (Fsp3) is 0.511. The Kier molecular flexibility index (Phi) is 12.5. The lowest BCUT2D eigenvalue weighted by Crippen LogP contribution is -2.82. The summed E-state index contributed by atoms with van der Waals surface area (Å²) >= 11 is 6.12. The van der Waals surface area contributed by atoms with Gasteiger partial charge in [0.15, 0.2) is 23.6 Å². The Morgan fingerprint density at radius 2 is 1.56 bits per heavy atom. The van der Waals surface area contributed by atoms with Gasteiger partial charge in [-0.05, 0) is 49.6 Å². The molecule has 1 saturated heterocycles. The molecule has 0 radical (unpaired) electrons. The first-order valence-corrected chi connectivity index (χ1v) is 20.4. The van der Waals surface area contributed by atoms with Crippen molar-refractivity contribution < 1.29 is 67.8 Å². The number of amides is 1. The molecule has 4 aliphatic rings. The van der Waals surface area contributed by atoms with Gasteiger partial charge < -0.3 is 44.3 Å². The van der Waals surface area contributed by atoms with E-state index in [2.05, 4.69) is 11.9 Å². The predicted molar refractivity (Wildman–Crippen MR) is 216 cm³/mol. The van der Waals surface area contributed by atoms with Gasteiger partial charge in [-0.1, -0.05) is 69.0 Å². The molecule has 0 spiro atoms. The van der Waals surface area contributed by atoms with Crippen molar-refractivity contribution in [3.8, 4) is 0 Å². The van der Waals surface area contributed by atoms with Gasteiger partial charge in [0.1, 0.15) is 23.9 Å². The van der Waals surface area contributed by atoms with Crippen LogP contribution in [0.15, 0.2) is 84.0 Å². The highest BCUT2D eigenvalue weighted by Gasteiger charge is 2.78. The third kappa shape index (κ3) is 7.68. The molecule has 3 aliphatic carbocycles. The molecule has 6 rings (SSSR count). The van der Waals surface area contributed by atoms with Crippen LogP contribution in [0.5, 0.6) is 0 Å². The van der Waals surface area contributed by atoms with E-state index in [1.54, 1.807) is 62.4 Å². The summed E-state index contributed by atoms with van der Waals surface area (Å²) < 4.78 is 30.2. The van der Waals surface area contributed by atoms with E-state index in [1.807, 2.05) is 0 Å². The smallest absolute Gasteiger partial charge is 0.338 e. The van der Waals surface area contributed by atoms with Gasteiger partial charge in [0.2, 0.25) is 5.91 Å². The number of esters is 4. The van der Waals surface area contributed by atoms with Crippen molar-refractivity contribution in [2.45, 2.75) is 121 Å². The van der Waals surface area contributed by atoms with Gasteiger partial charge >= 0.3 is 23.9 Å². The Hall–Kier alpha value is -4.93. The van der Waals surface area contributed by atoms with Gasteiger partial charge in [0, 0.05) is 37.7 Å². The van der Waals surface area contributed by atoms with Gasteiger partial charge in [-0.2, -0.15) is 0 Å². The summed E-state index contributed by atoms with van der Waals surface area (Å²) in [6.45, 7) is 13.1. The minimum Gasteiger partial charge on any atom is -0.456 e. The fourth-order valence-corrected chi connectivity index (χ4v) is 9.88. The molecule has 61 heavy (non-hydrogen) atoms. The van der Waals surface area contributed by atoms with E-state index in [0.29, 0.717) is 5.56 Å². The van der Waals surface area contributed by atoms with Gasteiger partial charge in [0.05, 0.1) is 41.0 Å². The average Bonchev–Trinajstić information content (AvgIpc) is 3.20.